The molecule has 0 aliphatic carbocycles. The molecule has 3 rings (SSSR count). The number of H-pyrrole nitrogens is 1. The number of carboxylic acid groups (broad SMARTS) is 1. The normalized spacial score (nSPS) is 10.7. The van der Waals surface area contributed by atoms with Crippen LogP contribution < -0.4 is 5.32 Å². The van der Waals surface area contributed by atoms with Gasteiger partial charge in [-0.25, -0.2) is 4.79 Å². The van der Waals surface area contributed by atoms with Gasteiger partial charge >= 0.3 is 5.97 Å². The molecule has 3 N–H and O–H groups in total. The smallest absolute Gasteiger partial charge is 0.337 e. The van der Waals surface area contributed by atoms with E-state index >= 15 is 0 Å². The minimum atomic E-state index is -1.12. The minimum absolute atomic E-state index is 0.00637. The highest BCUT2D eigenvalue weighted by Crippen LogP contribution is 2.23. The van der Waals surface area contributed by atoms with Crippen LogP contribution in [0.5, 0.6) is 0 Å². The van der Waals surface area contributed by atoms with Crippen LogP contribution in [0.4, 0.5) is 5.69 Å². The van der Waals surface area contributed by atoms with Crippen molar-refractivity contribution >= 4 is 56.0 Å². The SMILES string of the molecule is O=C(Nc1ccc(Br)cc1C(=O)O)c1cc2cc(Cl)ccc2[nH]1. The summed E-state index contributed by atoms with van der Waals surface area (Å²) in [5.41, 5.74) is 1.32. The highest BCUT2D eigenvalue weighted by atomic mass is 79.9. The van der Waals surface area contributed by atoms with Gasteiger partial charge in [0.1, 0.15) is 5.69 Å². The maximum Gasteiger partial charge on any atom is 0.337 e. The monoisotopic (exact) mass is 392 g/mol. The zero-order valence-corrected chi connectivity index (χ0v) is 13.9. The van der Waals surface area contributed by atoms with Crippen LogP contribution >= 0.6 is 27.5 Å². The lowest BCUT2D eigenvalue weighted by atomic mass is 10.1. The van der Waals surface area contributed by atoms with Crippen LogP contribution in [0, 0.1) is 0 Å². The van der Waals surface area contributed by atoms with Crippen molar-refractivity contribution in [2.75, 3.05) is 5.32 Å². The standard InChI is InChI=1S/C16H10BrClN2O3/c17-9-1-3-13(11(7-9)16(22)23)20-15(21)14-6-8-5-10(18)2-4-12(8)19-14/h1-7,19H,(H,20,21)(H,22,23). The number of fused-ring (bicyclic) bond motifs is 1. The minimum Gasteiger partial charge on any atom is -0.478 e. The van der Waals surface area contributed by atoms with Gasteiger partial charge in [0.2, 0.25) is 0 Å². The molecule has 0 unspecified atom stereocenters. The van der Waals surface area contributed by atoms with E-state index in [9.17, 15) is 14.7 Å². The van der Waals surface area contributed by atoms with E-state index < -0.39 is 11.9 Å². The van der Waals surface area contributed by atoms with E-state index in [1.807, 2.05) is 0 Å². The molecule has 0 fully saturated rings. The third-order valence-electron chi connectivity index (χ3n) is 3.29. The molecule has 0 bridgehead atoms. The number of nitrogens with one attached hydrogen (secondary N) is 2. The van der Waals surface area contributed by atoms with Crippen LogP contribution in [-0.4, -0.2) is 22.0 Å². The first kappa shape index (κ1) is 15.6. The van der Waals surface area contributed by atoms with Gasteiger partial charge in [-0.3, -0.25) is 4.79 Å². The summed E-state index contributed by atoms with van der Waals surface area (Å²) in [4.78, 5) is 26.6. The zero-order valence-electron chi connectivity index (χ0n) is 11.6. The summed E-state index contributed by atoms with van der Waals surface area (Å²) in [6.45, 7) is 0. The number of aromatic nitrogens is 1. The molecule has 5 nitrogen and oxygen atoms in total. The van der Waals surface area contributed by atoms with Crippen LogP contribution in [-0.2, 0) is 0 Å². The predicted molar refractivity (Wildman–Crippen MR) is 92.4 cm³/mol. The first-order valence-electron chi connectivity index (χ1n) is 6.56. The van der Waals surface area contributed by atoms with Gasteiger partial charge in [0.05, 0.1) is 11.3 Å². The number of carboxylic acids is 1. The number of hydrogen-bond acceptors (Lipinski definition) is 2. The van der Waals surface area contributed by atoms with Crippen LogP contribution in [0.15, 0.2) is 46.9 Å². The fourth-order valence-corrected chi connectivity index (χ4v) is 2.76. The lowest BCUT2D eigenvalue weighted by molar-refractivity contribution is 0.0698. The van der Waals surface area contributed by atoms with E-state index in [1.165, 1.54) is 12.1 Å². The average Bonchev–Trinajstić information content (AvgIpc) is 2.92. The van der Waals surface area contributed by atoms with Crippen LogP contribution in [0.1, 0.15) is 20.8 Å². The van der Waals surface area contributed by atoms with Gasteiger partial charge in [-0.2, -0.15) is 0 Å². The first-order chi connectivity index (χ1) is 10.9. The van der Waals surface area contributed by atoms with Crippen molar-refractivity contribution in [3.63, 3.8) is 0 Å². The Kier molecular flexibility index (Phi) is 4.11. The second-order valence-electron chi connectivity index (χ2n) is 4.86. The number of rotatable bonds is 3. The van der Waals surface area contributed by atoms with Crippen LogP contribution in [0.25, 0.3) is 10.9 Å². The number of amides is 1. The largest absolute Gasteiger partial charge is 0.478 e. The number of carbonyl (C=O) groups excluding carboxylic acids is 1. The molecule has 1 amide bonds. The molecular formula is C16H10BrClN2O3. The Labute approximate surface area is 144 Å². The van der Waals surface area contributed by atoms with Gasteiger partial charge in [0, 0.05) is 20.4 Å². The van der Waals surface area contributed by atoms with E-state index in [0.717, 1.165) is 10.9 Å². The molecule has 0 atom stereocenters. The average molecular weight is 394 g/mol. The molecule has 7 heteroatoms. The molecule has 0 saturated carbocycles. The van der Waals surface area contributed by atoms with Crippen molar-refractivity contribution in [3.05, 3.63) is 63.2 Å². The summed E-state index contributed by atoms with van der Waals surface area (Å²) in [6, 6.07) is 11.5. The quantitative estimate of drug-likeness (QED) is 0.611. The Morgan fingerprint density at radius 2 is 1.91 bits per heavy atom. The van der Waals surface area contributed by atoms with Gasteiger partial charge in [-0.15, -0.1) is 0 Å². The Balaban J connectivity index is 1.93. The summed E-state index contributed by atoms with van der Waals surface area (Å²) >= 11 is 9.13. The molecule has 0 radical (unpaired) electrons. The number of anilines is 1. The second-order valence-corrected chi connectivity index (χ2v) is 6.22. The fourth-order valence-electron chi connectivity index (χ4n) is 2.22. The van der Waals surface area contributed by atoms with Crippen molar-refractivity contribution in [3.8, 4) is 0 Å². The topological polar surface area (TPSA) is 82.2 Å². The van der Waals surface area contributed by atoms with E-state index in [-0.39, 0.29) is 11.3 Å². The molecule has 23 heavy (non-hydrogen) atoms. The number of halogens is 2. The van der Waals surface area contributed by atoms with Gasteiger partial charge in [0.15, 0.2) is 0 Å². The first-order valence-corrected chi connectivity index (χ1v) is 7.73. The van der Waals surface area contributed by atoms with Crippen molar-refractivity contribution in [2.45, 2.75) is 0 Å². The molecule has 3 aromatic rings. The molecule has 0 saturated heterocycles. The fraction of sp³-hybridized carbons (Fsp3) is 0. The number of hydrogen-bond donors (Lipinski definition) is 3. The molecule has 1 aromatic heterocycles. The lowest BCUT2D eigenvalue weighted by Gasteiger charge is -2.08. The van der Waals surface area contributed by atoms with Gasteiger partial charge < -0.3 is 15.4 Å². The van der Waals surface area contributed by atoms with E-state index in [4.69, 9.17) is 11.6 Å². The Morgan fingerprint density at radius 3 is 2.65 bits per heavy atom. The summed E-state index contributed by atoms with van der Waals surface area (Å²) in [5.74, 6) is -1.55. The second kappa shape index (κ2) is 6.06. The zero-order chi connectivity index (χ0) is 16.6. The Bertz CT molecular complexity index is 936. The summed E-state index contributed by atoms with van der Waals surface area (Å²) in [6.07, 6.45) is 0. The Hall–Kier alpha value is -2.31. The van der Waals surface area contributed by atoms with E-state index in [1.54, 1.807) is 30.3 Å². The summed E-state index contributed by atoms with van der Waals surface area (Å²) in [5, 5.41) is 13.2. The third-order valence-corrected chi connectivity index (χ3v) is 4.02. The molecule has 0 aliphatic heterocycles. The van der Waals surface area contributed by atoms with Gasteiger partial charge in [-0.05, 0) is 42.5 Å². The number of benzene rings is 2. The molecule has 116 valence electrons. The van der Waals surface area contributed by atoms with Crippen LogP contribution in [0.2, 0.25) is 5.02 Å². The van der Waals surface area contributed by atoms with E-state index in [2.05, 4.69) is 26.2 Å². The molecule has 0 aliphatic rings. The van der Waals surface area contributed by atoms with Crippen molar-refractivity contribution in [1.29, 1.82) is 0 Å². The number of aromatic amines is 1. The van der Waals surface area contributed by atoms with Crippen molar-refractivity contribution < 1.29 is 14.7 Å². The van der Waals surface area contributed by atoms with Crippen molar-refractivity contribution in [1.82, 2.24) is 4.98 Å². The van der Waals surface area contributed by atoms with Gasteiger partial charge in [-0.1, -0.05) is 27.5 Å². The lowest BCUT2D eigenvalue weighted by Crippen LogP contribution is -2.15. The summed E-state index contributed by atoms with van der Waals surface area (Å²) < 4.78 is 0.619. The Morgan fingerprint density at radius 1 is 1.13 bits per heavy atom. The summed E-state index contributed by atoms with van der Waals surface area (Å²) in [7, 11) is 0. The maximum atomic E-state index is 12.3. The third kappa shape index (κ3) is 3.23. The predicted octanol–water partition coefficient (Wildman–Crippen LogP) is 4.53. The highest BCUT2D eigenvalue weighted by Gasteiger charge is 2.15. The van der Waals surface area contributed by atoms with E-state index in [0.29, 0.717) is 15.2 Å². The molecule has 0 spiro atoms. The maximum absolute atomic E-state index is 12.3. The van der Waals surface area contributed by atoms with Crippen LogP contribution in [0.3, 0.4) is 0 Å². The number of carbonyl (C=O) groups is 2. The molecule has 1 heterocycles. The molecule has 2 aromatic carbocycles. The van der Waals surface area contributed by atoms with Crippen molar-refractivity contribution in [2.24, 2.45) is 0 Å². The molecular weight excluding hydrogens is 384 g/mol. The number of aromatic carboxylic acids is 1. The van der Waals surface area contributed by atoms with Gasteiger partial charge in [0.25, 0.3) is 5.91 Å². The highest BCUT2D eigenvalue weighted by molar-refractivity contribution is 9.10.